The summed E-state index contributed by atoms with van der Waals surface area (Å²) in [6.07, 6.45) is 0.481. The number of anilines is 1. The summed E-state index contributed by atoms with van der Waals surface area (Å²) in [7, 11) is 0. The molecule has 3 rings (SSSR count). The number of nitrogens with one attached hydrogen (secondary N) is 3. The summed E-state index contributed by atoms with van der Waals surface area (Å²) < 4.78 is 0. The van der Waals surface area contributed by atoms with Crippen molar-refractivity contribution in [2.45, 2.75) is 23.4 Å². The predicted octanol–water partition coefficient (Wildman–Crippen LogP) is 0.723. The van der Waals surface area contributed by atoms with Crippen LogP contribution in [0.4, 0.5) is 5.69 Å². The number of hydrogen-bond donors (Lipinski definition) is 4. The van der Waals surface area contributed by atoms with Crippen molar-refractivity contribution < 1.29 is 14.7 Å². The maximum absolute atomic E-state index is 11.4. The summed E-state index contributed by atoms with van der Waals surface area (Å²) >= 11 is 1.51. The van der Waals surface area contributed by atoms with E-state index in [0.717, 1.165) is 16.1 Å². The maximum Gasteiger partial charge on any atom is 0.322 e. The van der Waals surface area contributed by atoms with Crippen molar-refractivity contribution in [2.24, 2.45) is 0 Å². The van der Waals surface area contributed by atoms with E-state index in [9.17, 15) is 9.59 Å². The highest BCUT2D eigenvalue weighted by molar-refractivity contribution is 8.00. The lowest BCUT2D eigenvalue weighted by atomic mass is 10.0. The van der Waals surface area contributed by atoms with E-state index < -0.39 is 12.0 Å². The van der Waals surface area contributed by atoms with Crippen molar-refractivity contribution >= 4 is 29.3 Å². The molecule has 0 bridgehead atoms. The number of fused-ring (bicyclic) bond motifs is 1. The average Bonchev–Trinajstić information content (AvgIpc) is 2.87. The van der Waals surface area contributed by atoms with E-state index in [-0.39, 0.29) is 11.9 Å². The third kappa shape index (κ3) is 2.44. The fourth-order valence-electron chi connectivity index (χ4n) is 2.25. The second kappa shape index (κ2) is 4.84. The van der Waals surface area contributed by atoms with Crippen molar-refractivity contribution in [3.8, 4) is 0 Å². The molecule has 2 unspecified atom stereocenters. The van der Waals surface area contributed by atoms with Gasteiger partial charge >= 0.3 is 5.97 Å². The van der Waals surface area contributed by atoms with E-state index in [1.807, 2.05) is 18.2 Å². The van der Waals surface area contributed by atoms with E-state index in [1.165, 1.54) is 11.8 Å². The number of rotatable bonds is 2. The highest BCUT2D eigenvalue weighted by Crippen LogP contribution is 2.34. The van der Waals surface area contributed by atoms with Gasteiger partial charge in [0.2, 0.25) is 5.91 Å². The molecule has 4 N–H and O–H groups in total. The molecule has 1 amide bonds. The summed E-state index contributed by atoms with van der Waals surface area (Å²) in [4.78, 5) is 23.3. The molecule has 2 heterocycles. The van der Waals surface area contributed by atoms with E-state index in [2.05, 4.69) is 16.2 Å². The third-order valence-electron chi connectivity index (χ3n) is 3.24. The van der Waals surface area contributed by atoms with Crippen molar-refractivity contribution in [3.05, 3.63) is 23.8 Å². The Bertz CT molecular complexity index is 549. The van der Waals surface area contributed by atoms with Gasteiger partial charge in [0.05, 0.1) is 11.4 Å². The highest BCUT2D eigenvalue weighted by Gasteiger charge is 2.30. The molecular weight excluding hydrogens is 266 g/mol. The molecule has 2 aliphatic heterocycles. The van der Waals surface area contributed by atoms with E-state index in [4.69, 9.17) is 5.11 Å². The van der Waals surface area contributed by atoms with Crippen molar-refractivity contribution in [2.75, 3.05) is 11.1 Å². The number of carboxylic acid groups (broad SMARTS) is 1. The van der Waals surface area contributed by atoms with Crippen LogP contribution in [0.3, 0.4) is 0 Å². The Morgan fingerprint density at radius 2 is 2.21 bits per heavy atom. The van der Waals surface area contributed by atoms with Crippen LogP contribution in [0.2, 0.25) is 0 Å². The Hall–Kier alpha value is -1.57. The van der Waals surface area contributed by atoms with Gasteiger partial charge in [0, 0.05) is 10.9 Å². The summed E-state index contributed by atoms with van der Waals surface area (Å²) in [5.74, 6) is -0.427. The molecule has 0 saturated carbocycles. The van der Waals surface area contributed by atoms with Gasteiger partial charge in [0.15, 0.2) is 0 Å². The fourth-order valence-corrected chi connectivity index (χ4v) is 3.04. The van der Waals surface area contributed by atoms with Gasteiger partial charge in [-0.15, -0.1) is 11.8 Å². The van der Waals surface area contributed by atoms with Gasteiger partial charge in [0.25, 0.3) is 0 Å². The topological polar surface area (TPSA) is 90.5 Å². The normalized spacial score (nSPS) is 25.8. The number of carbonyl (C=O) groups excluding carboxylic acids is 1. The summed E-state index contributed by atoms with van der Waals surface area (Å²) in [5.41, 5.74) is 7.50. The lowest BCUT2D eigenvalue weighted by Gasteiger charge is -2.18. The lowest BCUT2D eigenvalue weighted by Crippen LogP contribution is -2.36. The molecule has 1 aromatic carbocycles. The fraction of sp³-hybridized carbons (Fsp3) is 0.333. The smallest absolute Gasteiger partial charge is 0.322 e. The third-order valence-corrected chi connectivity index (χ3v) is 4.31. The van der Waals surface area contributed by atoms with Gasteiger partial charge in [0.1, 0.15) is 6.04 Å². The SMILES string of the molecule is O=C1CSc2ccc(C3CC(C(=O)O)NN3)cc2N1. The van der Waals surface area contributed by atoms with E-state index >= 15 is 0 Å². The van der Waals surface area contributed by atoms with E-state index in [1.54, 1.807) is 0 Å². The monoisotopic (exact) mass is 279 g/mol. The minimum atomic E-state index is -0.864. The Morgan fingerprint density at radius 3 is 2.95 bits per heavy atom. The summed E-state index contributed by atoms with van der Waals surface area (Å²) in [6.45, 7) is 0. The Balaban J connectivity index is 1.81. The van der Waals surface area contributed by atoms with Crippen LogP contribution in [0.25, 0.3) is 0 Å². The van der Waals surface area contributed by atoms with Gasteiger partial charge in [-0.2, -0.15) is 0 Å². The van der Waals surface area contributed by atoms with E-state index in [0.29, 0.717) is 12.2 Å². The first-order valence-electron chi connectivity index (χ1n) is 5.94. The Kier molecular flexibility index (Phi) is 3.17. The van der Waals surface area contributed by atoms with Crippen LogP contribution in [-0.2, 0) is 9.59 Å². The second-order valence-electron chi connectivity index (χ2n) is 4.56. The van der Waals surface area contributed by atoms with Crippen LogP contribution >= 0.6 is 11.8 Å². The van der Waals surface area contributed by atoms with Crippen molar-refractivity contribution in [1.82, 2.24) is 10.9 Å². The predicted molar refractivity (Wildman–Crippen MR) is 70.8 cm³/mol. The standard InChI is InChI=1S/C12H13N3O3S/c16-11-5-19-10-2-1-6(3-8(10)13-11)7-4-9(12(17)18)15-14-7/h1-3,7,9,14-15H,4-5H2,(H,13,16)(H,17,18). The number of carboxylic acids is 1. The van der Waals surface area contributed by atoms with Gasteiger partial charge in [-0.05, 0) is 24.1 Å². The molecule has 19 heavy (non-hydrogen) atoms. The number of hydrogen-bond acceptors (Lipinski definition) is 5. The number of thioether (sulfide) groups is 1. The summed E-state index contributed by atoms with van der Waals surface area (Å²) in [6, 6.07) is 5.20. The van der Waals surface area contributed by atoms with Crippen LogP contribution < -0.4 is 16.2 Å². The average molecular weight is 279 g/mol. The number of amides is 1. The molecule has 100 valence electrons. The van der Waals surface area contributed by atoms with Crippen LogP contribution in [0.5, 0.6) is 0 Å². The van der Waals surface area contributed by atoms with Crippen LogP contribution in [0.1, 0.15) is 18.0 Å². The minimum absolute atomic E-state index is 0.00410. The first-order valence-corrected chi connectivity index (χ1v) is 6.92. The van der Waals surface area contributed by atoms with Gasteiger partial charge in [-0.25, -0.2) is 10.9 Å². The number of aliphatic carboxylic acids is 1. The quantitative estimate of drug-likeness (QED) is 0.638. The number of hydrazine groups is 1. The zero-order valence-corrected chi connectivity index (χ0v) is 10.8. The molecule has 1 fully saturated rings. The lowest BCUT2D eigenvalue weighted by molar-refractivity contribution is -0.139. The largest absolute Gasteiger partial charge is 0.480 e. The minimum Gasteiger partial charge on any atom is -0.480 e. The zero-order chi connectivity index (χ0) is 13.4. The van der Waals surface area contributed by atoms with Crippen LogP contribution in [0.15, 0.2) is 23.1 Å². The maximum atomic E-state index is 11.4. The first kappa shape index (κ1) is 12.5. The molecule has 1 aromatic rings. The van der Waals surface area contributed by atoms with Gasteiger partial charge < -0.3 is 10.4 Å². The van der Waals surface area contributed by atoms with Gasteiger partial charge in [-0.3, -0.25) is 9.59 Å². The molecule has 0 radical (unpaired) electrons. The second-order valence-corrected chi connectivity index (χ2v) is 5.58. The molecule has 0 aromatic heterocycles. The molecular formula is C12H13N3O3S. The molecule has 6 nitrogen and oxygen atoms in total. The summed E-state index contributed by atoms with van der Waals surface area (Å²) in [5, 5.41) is 11.8. The zero-order valence-electron chi connectivity index (χ0n) is 9.97. The van der Waals surface area contributed by atoms with Crippen molar-refractivity contribution in [3.63, 3.8) is 0 Å². The first-order chi connectivity index (χ1) is 9.13. The molecule has 2 atom stereocenters. The molecule has 7 heteroatoms. The highest BCUT2D eigenvalue weighted by atomic mass is 32.2. The Morgan fingerprint density at radius 1 is 1.37 bits per heavy atom. The molecule has 0 spiro atoms. The number of carbonyl (C=O) groups is 2. The Labute approximate surface area is 113 Å². The number of benzene rings is 1. The molecule has 0 aliphatic carbocycles. The van der Waals surface area contributed by atoms with Crippen LogP contribution in [0, 0.1) is 0 Å². The molecule has 2 aliphatic rings. The van der Waals surface area contributed by atoms with Crippen LogP contribution in [-0.4, -0.2) is 28.8 Å². The van der Waals surface area contributed by atoms with Gasteiger partial charge in [-0.1, -0.05) is 6.07 Å². The molecule has 1 saturated heterocycles. The van der Waals surface area contributed by atoms with Crippen molar-refractivity contribution in [1.29, 1.82) is 0 Å².